The van der Waals surface area contributed by atoms with Crippen molar-refractivity contribution < 1.29 is 4.79 Å². The van der Waals surface area contributed by atoms with E-state index in [4.69, 9.17) is 16.9 Å². The van der Waals surface area contributed by atoms with Gasteiger partial charge in [0.1, 0.15) is 10.4 Å². The first-order valence-corrected chi connectivity index (χ1v) is 8.87. The van der Waals surface area contributed by atoms with E-state index in [-0.39, 0.29) is 17.6 Å². The molecule has 0 radical (unpaired) electrons. The summed E-state index contributed by atoms with van der Waals surface area (Å²) in [6.45, 7) is 1.73. The highest BCUT2D eigenvalue weighted by atomic mass is 35.5. The lowest BCUT2D eigenvalue weighted by Gasteiger charge is -2.39. The molecule has 1 aliphatic heterocycles. The second-order valence-electron chi connectivity index (χ2n) is 6.12. The number of thiazole rings is 1. The number of hydrogen-bond acceptors (Lipinski definition) is 6. The lowest BCUT2D eigenvalue weighted by Crippen LogP contribution is -2.52. The molecule has 8 heteroatoms. The molecule has 1 saturated carbocycles. The molecule has 3 atom stereocenters. The Hall–Kier alpha value is -2.17. The number of nitrogens with one attached hydrogen (secondary N) is 1. The zero-order chi connectivity index (χ0) is 16.7. The third kappa shape index (κ3) is 2.62. The molecule has 1 amide bonds. The number of amides is 1. The molecular weight excluding hydrogens is 346 g/mol. The molecule has 0 spiro atoms. The molecule has 1 saturated heterocycles. The minimum atomic E-state index is -0.0749. The number of nitriles is 1. The summed E-state index contributed by atoms with van der Waals surface area (Å²) in [5.41, 5.74) is 0.874. The van der Waals surface area contributed by atoms with E-state index in [0.29, 0.717) is 21.7 Å². The van der Waals surface area contributed by atoms with Gasteiger partial charge >= 0.3 is 0 Å². The fraction of sp³-hybridized carbons (Fsp3) is 0.375. The van der Waals surface area contributed by atoms with Gasteiger partial charge in [0.05, 0.1) is 5.56 Å². The van der Waals surface area contributed by atoms with Crippen molar-refractivity contribution in [1.29, 1.82) is 5.26 Å². The number of aromatic nitrogens is 2. The van der Waals surface area contributed by atoms with Gasteiger partial charge in [-0.05, 0) is 24.5 Å². The minimum absolute atomic E-state index is 0.0749. The van der Waals surface area contributed by atoms with Crippen molar-refractivity contribution in [3.8, 4) is 6.07 Å². The summed E-state index contributed by atoms with van der Waals surface area (Å²) in [7, 11) is 0. The van der Waals surface area contributed by atoms with Crippen LogP contribution in [0.5, 0.6) is 0 Å². The Morgan fingerprint density at radius 1 is 1.50 bits per heavy atom. The number of carbonyl (C=O) groups is 1. The standard InChI is InChI=1S/C16H14ClN5OS/c17-14-13(5-18)21-16(24-14)22-7-10-4-12(11(10)8-22)20-15(23)9-2-1-3-19-6-9/h1-3,6,10-12H,4,7-8H2,(H,20,23). The van der Waals surface area contributed by atoms with Gasteiger partial charge in [0.15, 0.2) is 10.8 Å². The lowest BCUT2D eigenvalue weighted by atomic mass is 9.71. The van der Waals surface area contributed by atoms with E-state index in [0.717, 1.165) is 24.6 Å². The largest absolute Gasteiger partial charge is 0.349 e. The SMILES string of the molecule is N#Cc1nc(N2CC3CC(NC(=O)c4cccnc4)C3C2)sc1Cl. The van der Waals surface area contributed by atoms with Crippen LogP contribution in [0.3, 0.4) is 0 Å². The Bertz CT molecular complexity index is 818. The van der Waals surface area contributed by atoms with E-state index in [2.05, 4.69) is 20.2 Å². The van der Waals surface area contributed by atoms with Crippen LogP contribution in [-0.4, -0.2) is 35.0 Å². The van der Waals surface area contributed by atoms with E-state index in [1.165, 1.54) is 11.3 Å². The van der Waals surface area contributed by atoms with Crippen molar-refractivity contribution in [2.75, 3.05) is 18.0 Å². The van der Waals surface area contributed by atoms with Crippen LogP contribution >= 0.6 is 22.9 Å². The summed E-state index contributed by atoms with van der Waals surface area (Å²) in [4.78, 5) is 22.7. The molecule has 0 bridgehead atoms. The number of hydrogen-bond donors (Lipinski definition) is 1. The molecule has 2 aromatic rings. The third-order valence-corrected chi connectivity index (χ3v) is 6.07. The van der Waals surface area contributed by atoms with Crippen LogP contribution in [0.15, 0.2) is 24.5 Å². The molecule has 1 aliphatic carbocycles. The smallest absolute Gasteiger partial charge is 0.253 e. The first-order chi connectivity index (χ1) is 11.7. The Balaban J connectivity index is 1.40. The van der Waals surface area contributed by atoms with Crippen LogP contribution < -0.4 is 10.2 Å². The van der Waals surface area contributed by atoms with Gasteiger partial charge < -0.3 is 10.2 Å². The predicted octanol–water partition coefficient (Wildman–Crippen LogP) is 2.32. The Kier molecular flexibility index (Phi) is 3.87. The maximum absolute atomic E-state index is 12.2. The predicted molar refractivity (Wildman–Crippen MR) is 91.1 cm³/mol. The molecular formula is C16H14ClN5OS. The Labute approximate surface area is 148 Å². The zero-order valence-corrected chi connectivity index (χ0v) is 14.2. The van der Waals surface area contributed by atoms with Crippen molar-refractivity contribution in [1.82, 2.24) is 15.3 Å². The van der Waals surface area contributed by atoms with Gasteiger partial charge in [-0.15, -0.1) is 0 Å². The van der Waals surface area contributed by atoms with E-state index in [1.807, 2.05) is 6.07 Å². The van der Waals surface area contributed by atoms with Crippen molar-refractivity contribution >= 4 is 34.0 Å². The van der Waals surface area contributed by atoms with Crippen molar-refractivity contribution in [2.24, 2.45) is 11.8 Å². The third-order valence-electron chi connectivity index (χ3n) is 4.76. The second kappa shape index (κ2) is 6.04. The highest BCUT2D eigenvalue weighted by Gasteiger charge is 2.48. The minimum Gasteiger partial charge on any atom is -0.349 e. The van der Waals surface area contributed by atoms with Gasteiger partial charge in [-0.2, -0.15) is 5.26 Å². The van der Waals surface area contributed by atoms with Gasteiger partial charge in [-0.25, -0.2) is 4.98 Å². The average molecular weight is 360 g/mol. The van der Waals surface area contributed by atoms with Gasteiger partial charge in [0.2, 0.25) is 0 Å². The van der Waals surface area contributed by atoms with E-state index in [9.17, 15) is 4.79 Å². The topological polar surface area (TPSA) is 81.9 Å². The van der Waals surface area contributed by atoms with E-state index < -0.39 is 0 Å². The number of fused-ring (bicyclic) bond motifs is 1. The maximum Gasteiger partial charge on any atom is 0.253 e. The van der Waals surface area contributed by atoms with Crippen LogP contribution in [0, 0.1) is 23.2 Å². The molecule has 2 aliphatic rings. The fourth-order valence-corrected chi connectivity index (χ4v) is 4.53. The van der Waals surface area contributed by atoms with Gasteiger partial charge in [-0.3, -0.25) is 9.78 Å². The van der Waals surface area contributed by atoms with Crippen LogP contribution in [0.25, 0.3) is 0 Å². The number of carbonyl (C=O) groups excluding carboxylic acids is 1. The molecule has 2 fully saturated rings. The molecule has 4 rings (SSSR count). The van der Waals surface area contributed by atoms with Crippen LogP contribution in [-0.2, 0) is 0 Å². The first-order valence-electron chi connectivity index (χ1n) is 7.68. The number of rotatable bonds is 3. The molecule has 1 N–H and O–H groups in total. The molecule has 3 heterocycles. The van der Waals surface area contributed by atoms with Crippen LogP contribution in [0.1, 0.15) is 22.5 Å². The fourth-order valence-electron chi connectivity index (χ4n) is 3.47. The van der Waals surface area contributed by atoms with Crippen molar-refractivity contribution in [3.05, 3.63) is 40.1 Å². The summed E-state index contributed by atoms with van der Waals surface area (Å²) in [6.07, 6.45) is 4.20. The van der Waals surface area contributed by atoms with Crippen molar-refractivity contribution in [3.63, 3.8) is 0 Å². The molecule has 122 valence electrons. The summed E-state index contributed by atoms with van der Waals surface area (Å²) in [5, 5.41) is 12.9. The second-order valence-corrected chi connectivity index (χ2v) is 7.70. The molecule has 3 unspecified atom stereocenters. The normalized spacial score (nSPS) is 24.8. The Morgan fingerprint density at radius 2 is 2.38 bits per heavy atom. The summed E-state index contributed by atoms with van der Waals surface area (Å²) >= 11 is 7.36. The van der Waals surface area contributed by atoms with Crippen LogP contribution in [0.4, 0.5) is 5.13 Å². The molecule has 6 nitrogen and oxygen atoms in total. The Morgan fingerprint density at radius 3 is 3.08 bits per heavy atom. The number of nitrogens with zero attached hydrogens (tertiary/aromatic N) is 4. The monoisotopic (exact) mass is 359 g/mol. The summed E-state index contributed by atoms with van der Waals surface area (Å²) < 4.78 is 0.438. The van der Waals surface area contributed by atoms with Gasteiger partial charge in [0, 0.05) is 37.4 Å². The maximum atomic E-state index is 12.2. The number of halogens is 1. The zero-order valence-electron chi connectivity index (χ0n) is 12.6. The quantitative estimate of drug-likeness (QED) is 0.909. The molecule has 24 heavy (non-hydrogen) atoms. The molecule has 2 aromatic heterocycles. The van der Waals surface area contributed by atoms with Crippen LogP contribution in [0.2, 0.25) is 4.34 Å². The number of anilines is 1. The van der Waals surface area contributed by atoms with E-state index in [1.54, 1.807) is 24.5 Å². The molecule has 0 aromatic carbocycles. The summed E-state index contributed by atoms with van der Waals surface area (Å²) in [6, 6.07) is 5.71. The lowest BCUT2D eigenvalue weighted by molar-refractivity contribution is 0.0832. The van der Waals surface area contributed by atoms with Crippen molar-refractivity contribution in [2.45, 2.75) is 12.5 Å². The van der Waals surface area contributed by atoms with Gasteiger partial charge in [-0.1, -0.05) is 22.9 Å². The van der Waals surface area contributed by atoms with E-state index >= 15 is 0 Å². The first kappa shape index (κ1) is 15.4. The average Bonchev–Trinajstić information content (AvgIpc) is 3.13. The summed E-state index contributed by atoms with van der Waals surface area (Å²) in [5.74, 6) is 0.894. The number of pyridine rings is 1. The highest BCUT2D eigenvalue weighted by molar-refractivity contribution is 7.19. The highest BCUT2D eigenvalue weighted by Crippen LogP contribution is 2.44. The van der Waals surface area contributed by atoms with Gasteiger partial charge in [0.25, 0.3) is 5.91 Å².